The lowest BCUT2D eigenvalue weighted by Crippen LogP contribution is -2.47. The van der Waals surface area contributed by atoms with E-state index in [0.717, 1.165) is 31.0 Å². The number of aromatic nitrogens is 4. The number of fused-ring (bicyclic) bond motifs is 4. The van der Waals surface area contributed by atoms with Crippen LogP contribution in [0.4, 0.5) is 5.82 Å². The molecular weight excluding hydrogens is 352 g/mol. The van der Waals surface area contributed by atoms with Crippen LogP contribution >= 0.6 is 0 Å². The fourth-order valence-corrected chi connectivity index (χ4v) is 4.65. The van der Waals surface area contributed by atoms with Gasteiger partial charge in [-0.25, -0.2) is 9.97 Å². The molecule has 1 saturated heterocycles. The number of rotatable bonds is 2. The standard InChI is InChI=1S/C21H20N6O/c1-25-8-7-24-20(25)17-4-5-18-16-9-14(12-27(18)21(17)28)11-26(13-16)19-15(10-22)3-2-6-23-19/h2-8,14,16H,9,11-13H2,1H3/t14-,16+/m0/s1. The number of piperidine rings is 1. The molecule has 3 aromatic rings. The molecule has 7 heteroatoms. The molecule has 0 saturated carbocycles. The Balaban J connectivity index is 1.53. The number of anilines is 1. The zero-order valence-corrected chi connectivity index (χ0v) is 15.6. The van der Waals surface area contributed by atoms with E-state index in [1.807, 2.05) is 34.5 Å². The summed E-state index contributed by atoms with van der Waals surface area (Å²) in [5, 5.41) is 9.42. The first-order valence-electron chi connectivity index (χ1n) is 9.47. The molecular formula is C21H20N6O. The maximum absolute atomic E-state index is 13.2. The topological polar surface area (TPSA) is 79.7 Å². The minimum Gasteiger partial charge on any atom is -0.355 e. The largest absolute Gasteiger partial charge is 0.355 e. The molecule has 1 fully saturated rings. The predicted molar refractivity (Wildman–Crippen MR) is 105 cm³/mol. The van der Waals surface area contributed by atoms with Crippen LogP contribution in [-0.2, 0) is 13.6 Å². The third kappa shape index (κ3) is 2.53. The second-order valence-electron chi connectivity index (χ2n) is 7.64. The van der Waals surface area contributed by atoms with Crippen LogP contribution in [0.3, 0.4) is 0 Å². The highest BCUT2D eigenvalue weighted by molar-refractivity contribution is 5.56. The van der Waals surface area contributed by atoms with Gasteiger partial charge in [0.2, 0.25) is 0 Å². The molecule has 7 nitrogen and oxygen atoms in total. The van der Waals surface area contributed by atoms with Gasteiger partial charge in [-0.2, -0.15) is 5.26 Å². The number of hydrogen-bond acceptors (Lipinski definition) is 5. The van der Waals surface area contributed by atoms with Crippen LogP contribution in [-0.4, -0.2) is 32.2 Å². The summed E-state index contributed by atoms with van der Waals surface area (Å²) in [4.78, 5) is 24.2. The SMILES string of the molecule is Cn1ccnc1-c1ccc2n(c1=O)C[C@H]1C[C@@H]2CN(c2ncccc2C#N)C1. The van der Waals surface area contributed by atoms with Gasteiger partial charge in [-0.15, -0.1) is 0 Å². The molecule has 0 aliphatic carbocycles. The molecule has 5 heterocycles. The number of nitriles is 1. The van der Waals surface area contributed by atoms with E-state index < -0.39 is 0 Å². The summed E-state index contributed by atoms with van der Waals surface area (Å²) in [5.74, 6) is 2.06. The van der Waals surface area contributed by atoms with E-state index in [4.69, 9.17) is 0 Å². The van der Waals surface area contributed by atoms with Crippen molar-refractivity contribution < 1.29 is 0 Å². The van der Waals surface area contributed by atoms with Crippen LogP contribution in [0.15, 0.2) is 47.7 Å². The first-order valence-corrected chi connectivity index (χ1v) is 9.47. The Morgan fingerprint density at radius 3 is 2.82 bits per heavy atom. The number of nitrogens with zero attached hydrogens (tertiary/aromatic N) is 6. The zero-order chi connectivity index (χ0) is 19.3. The number of hydrogen-bond donors (Lipinski definition) is 0. The zero-order valence-electron chi connectivity index (χ0n) is 15.6. The highest BCUT2D eigenvalue weighted by Gasteiger charge is 2.36. The summed E-state index contributed by atoms with van der Waals surface area (Å²) >= 11 is 0. The predicted octanol–water partition coefficient (Wildman–Crippen LogP) is 2.14. The number of imidazole rings is 1. The summed E-state index contributed by atoms with van der Waals surface area (Å²) in [6.07, 6.45) is 6.36. The quantitative estimate of drug-likeness (QED) is 0.689. The minimum absolute atomic E-state index is 0.0329. The van der Waals surface area contributed by atoms with E-state index in [-0.39, 0.29) is 11.5 Å². The third-order valence-corrected chi connectivity index (χ3v) is 5.87. The van der Waals surface area contributed by atoms with Gasteiger partial charge in [0.25, 0.3) is 5.56 Å². The molecule has 2 aliphatic heterocycles. The van der Waals surface area contributed by atoms with E-state index in [1.165, 1.54) is 0 Å². The Hall–Kier alpha value is -3.40. The molecule has 0 N–H and O–H groups in total. The van der Waals surface area contributed by atoms with Gasteiger partial charge in [-0.3, -0.25) is 4.79 Å². The van der Waals surface area contributed by atoms with E-state index in [2.05, 4.69) is 27.0 Å². The van der Waals surface area contributed by atoms with Crippen molar-refractivity contribution in [1.82, 2.24) is 19.1 Å². The van der Waals surface area contributed by atoms with Crippen molar-refractivity contribution in [2.75, 3.05) is 18.0 Å². The molecule has 2 aliphatic rings. The van der Waals surface area contributed by atoms with Crippen LogP contribution < -0.4 is 10.5 Å². The minimum atomic E-state index is 0.0329. The van der Waals surface area contributed by atoms with Crippen molar-refractivity contribution in [3.63, 3.8) is 0 Å². The van der Waals surface area contributed by atoms with Crippen LogP contribution in [0.2, 0.25) is 0 Å². The van der Waals surface area contributed by atoms with Crippen molar-refractivity contribution in [3.8, 4) is 17.5 Å². The average Bonchev–Trinajstić information content (AvgIpc) is 3.14. The maximum Gasteiger partial charge on any atom is 0.261 e. The van der Waals surface area contributed by atoms with Gasteiger partial charge >= 0.3 is 0 Å². The maximum atomic E-state index is 13.2. The van der Waals surface area contributed by atoms with E-state index in [0.29, 0.717) is 29.4 Å². The van der Waals surface area contributed by atoms with Crippen molar-refractivity contribution >= 4 is 5.82 Å². The van der Waals surface area contributed by atoms with Crippen molar-refractivity contribution in [2.24, 2.45) is 13.0 Å². The molecule has 0 radical (unpaired) electrons. The van der Waals surface area contributed by atoms with Crippen LogP contribution in [0.25, 0.3) is 11.4 Å². The molecule has 0 aromatic carbocycles. The molecule has 28 heavy (non-hydrogen) atoms. The number of pyridine rings is 2. The van der Waals surface area contributed by atoms with Crippen LogP contribution in [0.1, 0.15) is 23.6 Å². The van der Waals surface area contributed by atoms with Gasteiger partial charge in [0, 0.05) is 56.9 Å². The smallest absolute Gasteiger partial charge is 0.261 e. The Kier molecular flexibility index (Phi) is 3.79. The summed E-state index contributed by atoms with van der Waals surface area (Å²) in [5.41, 5.74) is 2.35. The fourth-order valence-electron chi connectivity index (χ4n) is 4.65. The molecule has 140 valence electrons. The lowest BCUT2D eigenvalue weighted by molar-refractivity contribution is 0.281. The van der Waals surface area contributed by atoms with E-state index in [9.17, 15) is 10.1 Å². The average molecular weight is 372 g/mol. The van der Waals surface area contributed by atoms with E-state index in [1.54, 1.807) is 18.5 Å². The number of aryl methyl sites for hydroxylation is 1. The first-order chi connectivity index (χ1) is 13.7. The van der Waals surface area contributed by atoms with Crippen molar-refractivity contribution in [2.45, 2.75) is 18.9 Å². The Labute approximate surface area is 162 Å². The Morgan fingerprint density at radius 1 is 1.14 bits per heavy atom. The molecule has 0 unspecified atom stereocenters. The summed E-state index contributed by atoms with van der Waals surface area (Å²) in [6.45, 7) is 2.26. The third-order valence-electron chi connectivity index (χ3n) is 5.87. The van der Waals surface area contributed by atoms with Crippen molar-refractivity contribution in [3.05, 3.63) is 64.5 Å². The van der Waals surface area contributed by atoms with E-state index >= 15 is 0 Å². The molecule has 5 rings (SSSR count). The highest BCUT2D eigenvalue weighted by atomic mass is 16.1. The van der Waals surface area contributed by atoms with Crippen molar-refractivity contribution in [1.29, 1.82) is 5.26 Å². The fraction of sp³-hybridized carbons (Fsp3) is 0.333. The summed E-state index contributed by atoms with van der Waals surface area (Å²) < 4.78 is 3.81. The molecule has 0 spiro atoms. The molecule has 3 aromatic heterocycles. The lowest BCUT2D eigenvalue weighted by atomic mass is 9.83. The second kappa shape index (κ2) is 6.34. The molecule has 0 amide bonds. The van der Waals surface area contributed by atoms with Gasteiger partial charge in [0.1, 0.15) is 17.7 Å². The summed E-state index contributed by atoms with van der Waals surface area (Å²) in [7, 11) is 1.90. The first kappa shape index (κ1) is 16.8. The van der Waals surface area contributed by atoms with Crippen LogP contribution in [0, 0.1) is 17.2 Å². The van der Waals surface area contributed by atoms with Gasteiger partial charge in [0.15, 0.2) is 0 Å². The van der Waals surface area contributed by atoms with Gasteiger partial charge < -0.3 is 14.0 Å². The molecule has 2 atom stereocenters. The lowest BCUT2D eigenvalue weighted by Gasteiger charge is -2.43. The normalized spacial score (nSPS) is 20.5. The second-order valence-corrected chi connectivity index (χ2v) is 7.64. The van der Waals surface area contributed by atoms with Gasteiger partial charge in [0.05, 0.1) is 11.1 Å². The molecule has 2 bridgehead atoms. The highest BCUT2D eigenvalue weighted by Crippen LogP contribution is 2.37. The Bertz CT molecular complexity index is 1150. The summed E-state index contributed by atoms with van der Waals surface area (Å²) in [6, 6.07) is 9.82. The van der Waals surface area contributed by atoms with Gasteiger partial charge in [-0.05, 0) is 36.6 Å². The van der Waals surface area contributed by atoms with Crippen LogP contribution in [0.5, 0.6) is 0 Å². The van der Waals surface area contributed by atoms with Gasteiger partial charge in [-0.1, -0.05) is 0 Å². The Morgan fingerprint density at radius 2 is 2.04 bits per heavy atom. The monoisotopic (exact) mass is 372 g/mol.